The van der Waals surface area contributed by atoms with Crippen LogP contribution in [0.3, 0.4) is 0 Å². The maximum Gasteiger partial charge on any atom is 0.0271 e. The van der Waals surface area contributed by atoms with Crippen LogP contribution in [0, 0.1) is 0 Å². The molecule has 1 aromatic heterocycles. The summed E-state index contributed by atoms with van der Waals surface area (Å²) < 4.78 is 0. The van der Waals surface area contributed by atoms with Gasteiger partial charge in [0.2, 0.25) is 0 Å². The molecule has 0 saturated heterocycles. The Morgan fingerprint density at radius 3 is 2.39 bits per heavy atom. The van der Waals surface area contributed by atoms with Gasteiger partial charge in [-0.25, -0.2) is 0 Å². The van der Waals surface area contributed by atoms with Crippen LogP contribution in [0.5, 0.6) is 0 Å². The third-order valence-electron chi connectivity index (χ3n) is 2.88. The normalized spacial score (nSPS) is 10.8. The summed E-state index contributed by atoms with van der Waals surface area (Å²) in [5.41, 5.74) is 9.42. The maximum atomic E-state index is 5.65. The zero-order valence-corrected chi connectivity index (χ0v) is 10.7. The predicted molar refractivity (Wildman–Crippen MR) is 73.7 cm³/mol. The van der Waals surface area contributed by atoms with E-state index in [0.29, 0.717) is 6.54 Å². The molecule has 0 bridgehead atoms. The quantitative estimate of drug-likeness (QED) is 0.872. The van der Waals surface area contributed by atoms with Gasteiger partial charge in [0.15, 0.2) is 0 Å². The van der Waals surface area contributed by atoms with E-state index in [2.05, 4.69) is 41.2 Å². The van der Waals surface area contributed by atoms with Crippen LogP contribution in [0.2, 0.25) is 0 Å². The molecule has 2 rings (SSSR count). The van der Waals surface area contributed by atoms with Crippen molar-refractivity contribution >= 4 is 0 Å². The minimum Gasteiger partial charge on any atom is -0.326 e. The summed E-state index contributed by atoms with van der Waals surface area (Å²) in [6.07, 6.45) is 3.66. The van der Waals surface area contributed by atoms with Gasteiger partial charge in [-0.05, 0) is 35.9 Å². The number of nitrogens with two attached hydrogens (primary N) is 1. The highest BCUT2D eigenvalue weighted by atomic mass is 15.1. The summed E-state index contributed by atoms with van der Waals surface area (Å²) in [5, 5.41) is 0. The highest BCUT2D eigenvalue weighted by Crippen LogP contribution is 2.09. The van der Waals surface area contributed by atoms with Gasteiger partial charge >= 0.3 is 0 Å². The Morgan fingerprint density at radius 2 is 1.67 bits per heavy atom. The van der Waals surface area contributed by atoms with Crippen LogP contribution in [0.4, 0.5) is 0 Å². The van der Waals surface area contributed by atoms with Crippen LogP contribution in [-0.2, 0) is 19.6 Å². The van der Waals surface area contributed by atoms with Crippen molar-refractivity contribution in [1.29, 1.82) is 0 Å². The van der Waals surface area contributed by atoms with E-state index in [9.17, 15) is 0 Å². The molecule has 0 saturated carbocycles. The molecular formula is C15H19N3. The van der Waals surface area contributed by atoms with E-state index in [4.69, 9.17) is 5.73 Å². The first-order valence-corrected chi connectivity index (χ1v) is 6.13. The molecule has 0 aliphatic carbocycles. The average molecular weight is 241 g/mol. The number of aromatic nitrogens is 1. The standard InChI is InChI=1S/C15H19N3/c1-18(11-13-5-7-17-8-6-13)12-15-4-2-3-14(9-15)10-16/h2-9H,10-12,16H2,1H3. The summed E-state index contributed by atoms with van der Waals surface area (Å²) in [6, 6.07) is 12.5. The van der Waals surface area contributed by atoms with E-state index in [0.717, 1.165) is 13.1 Å². The second-order valence-electron chi connectivity index (χ2n) is 4.55. The topological polar surface area (TPSA) is 42.2 Å². The first-order valence-electron chi connectivity index (χ1n) is 6.13. The first kappa shape index (κ1) is 12.7. The molecule has 18 heavy (non-hydrogen) atoms. The van der Waals surface area contributed by atoms with Gasteiger partial charge in [-0.2, -0.15) is 0 Å². The zero-order valence-electron chi connectivity index (χ0n) is 10.7. The number of hydrogen-bond donors (Lipinski definition) is 1. The molecule has 0 spiro atoms. The molecular weight excluding hydrogens is 222 g/mol. The highest BCUT2D eigenvalue weighted by Gasteiger charge is 2.02. The number of benzene rings is 1. The van der Waals surface area contributed by atoms with Crippen molar-refractivity contribution in [1.82, 2.24) is 9.88 Å². The molecule has 2 N–H and O–H groups in total. The van der Waals surface area contributed by atoms with Gasteiger partial charge in [-0.1, -0.05) is 24.3 Å². The SMILES string of the molecule is CN(Cc1ccncc1)Cc1cccc(CN)c1. The van der Waals surface area contributed by atoms with Gasteiger partial charge in [0, 0.05) is 32.0 Å². The Hall–Kier alpha value is -1.71. The van der Waals surface area contributed by atoms with Crippen molar-refractivity contribution in [3.8, 4) is 0 Å². The minimum absolute atomic E-state index is 0.599. The van der Waals surface area contributed by atoms with Crippen molar-refractivity contribution in [2.75, 3.05) is 7.05 Å². The first-order chi connectivity index (χ1) is 8.78. The average Bonchev–Trinajstić information content (AvgIpc) is 2.40. The molecule has 3 heteroatoms. The van der Waals surface area contributed by atoms with Crippen LogP contribution in [-0.4, -0.2) is 16.9 Å². The van der Waals surface area contributed by atoms with Crippen LogP contribution < -0.4 is 5.73 Å². The number of rotatable bonds is 5. The van der Waals surface area contributed by atoms with E-state index in [1.54, 1.807) is 0 Å². The van der Waals surface area contributed by atoms with Crippen molar-refractivity contribution in [2.45, 2.75) is 19.6 Å². The minimum atomic E-state index is 0.599. The maximum absolute atomic E-state index is 5.65. The van der Waals surface area contributed by atoms with Gasteiger partial charge in [-0.3, -0.25) is 9.88 Å². The number of hydrogen-bond acceptors (Lipinski definition) is 3. The molecule has 94 valence electrons. The molecule has 0 aliphatic rings. The molecule has 2 aromatic rings. The largest absolute Gasteiger partial charge is 0.326 e. The van der Waals surface area contributed by atoms with Crippen molar-refractivity contribution < 1.29 is 0 Å². The molecule has 0 aliphatic heterocycles. The van der Waals surface area contributed by atoms with Crippen LogP contribution in [0.15, 0.2) is 48.8 Å². The monoisotopic (exact) mass is 241 g/mol. The van der Waals surface area contributed by atoms with Gasteiger partial charge in [0.1, 0.15) is 0 Å². The Bertz CT molecular complexity index is 482. The second kappa shape index (κ2) is 6.28. The van der Waals surface area contributed by atoms with E-state index >= 15 is 0 Å². The molecule has 1 heterocycles. The van der Waals surface area contributed by atoms with E-state index < -0.39 is 0 Å². The highest BCUT2D eigenvalue weighted by molar-refractivity contribution is 5.23. The third-order valence-corrected chi connectivity index (χ3v) is 2.88. The van der Waals surface area contributed by atoms with E-state index in [-0.39, 0.29) is 0 Å². The lowest BCUT2D eigenvalue weighted by Crippen LogP contribution is -2.17. The Balaban J connectivity index is 1.96. The molecule has 0 fully saturated rings. The molecule has 0 radical (unpaired) electrons. The second-order valence-corrected chi connectivity index (χ2v) is 4.55. The smallest absolute Gasteiger partial charge is 0.0271 e. The summed E-state index contributed by atoms with van der Waals surface area (Å²) in [7, 11) is 2.12. The molecule has 1 aromatic carbocycles. The lowest BCUT2D eigenvalue weighted by Gasteiger charge is -2.17. The molecule has 0 unspecified atom stereocenters. The molecule has 0 amide bonds. The lowest BCUT2D eigenvalue weighted by molar-refractivity contribution is 0.319. The van der Waals surface area contributed by atoms with Gasteiger partial charge in [-0.15, -0.1) is 0 Å². The summed E-state index contributed by atoms with van der Waals surface area (Å²) >= 11 is 0. The van der Waals surface area contributed by atoms with Crippen molar-refractivity contribution in [2.24, 2.45) is 5.73 Å². The molecule has 0 atom stereocenters. The Kier molecular flexibility index (Phi) is 4.45. The van der Waals surface area contributed by atoms with Crippen LogP contribution >= 0.6 is 0 Å². The number of nitrogens with zero attached hydrogens (tertiary/aromatic N) is 2. The van der Waals surface area contributed by atoms with Crippen molar-refractivity contribution in [3.63, 3.8) is 0 Å². The third kappa shape index (κ3) is 3.65. The van der Waals surface area contributed by atoms with E-state index in [1.165, 1.54) is 16.7 Å². The Labute approximate surface area is 108 Å². The summed E-state index contributed by atoms with van der Waals surface area (Å²) in [4.78, 5) is 6.31. The Morgan fingerprint density at radius 1 is 1.00 bits per heavy atom. The van der Waals surface area contributed by atoms with Crippen LogP contribution in [0.1, 0.15) is 16.7 Å². The van der Waals surface area contributed by atoms with Gasteiger partial charge < -0.3 is 5.73 Å². The fourth-order valence-corrected chi connectivity index (χ4v) is 2.02. The van der Waals surface area contributed by atoms with Gasteiger partial charge in [0.25, 0.3) is 0 Å². The van der Waals surface area contributed by atoms with Crippen LogP contribution in [0.25, 0.3) is 0 Å². The van der Waals surface area contributed by atoms with Gasteiger partial charge in [0.05, 0.1) is 0 Å². The van der Waals surface area contributed by atoms with E-state index in [1.807, 2.05) is 24.5 Å². The summed E-state index contributed by atoms with van der Waals surface area (Å²) in [6.45, 7) is 2.45. The summed E-state index contributed by atoms with van der Waals surface area (Å²) in [5.74, 6) is 0. The zero-order chi connectivity index (χ0) is 12.8. The fraction of sp³-hybridized carbons (Fsp3) is 0.267. The number of pyridine rings is 1. The molecule has 3 nitrogen and oxygen atoms in total. The predicted octanol–water partition coefficient (Wildman–Crippen LogP) is 2.17. The fourth-order valence-electron chi connectivity index (χ4n) is 2.02. The van der Waals surface area contributed by atoms with Crippen molar-refractivity contribution in [3.05, 3.63) is 65.5 Å². The lowest BCUT2D eigenvalue weighted by atomic mass is 10.1.